The van der Waals surface area contributed by atoms with Crippen molar-refractivity contribution in [2.75, 3.05) is 26.4 Å². The SMILES string of the molecule is C(CNC1CCOC1)CC1CCCO1. The van der Waals surface area contributed by atoms with Gasteiger partial charge in [-0.2, -0.15) is 0 Å². The molecule has 0 aromatic carbocycles. The smallest absolute Gasteiger partial charge is 0.0620 e. The summed E-state index contributed by atoms with van der Waals surface area (Å²) >= 11 is 0. The summed E-state index contributed by atoms with van der Waals surface area (Å²) < 4.78 is 10.9. The van der Waals surface area contributed by atoms with Crippen molar-refractivity contribution in [3.63, 3.8) is 0 Å². The molecule has 14 heavy (non-hydrogen) atoms. The van der Waals surface area contributed by atoms with Crippen LogP contribution in [-0.4, -0.2) is 38.5 Å². The summed E-state index contributed by atoms with van der Waals surface area (Å²) in [6.45, 7) is 3.94. The minimum Gasteiger partial charge on any atom is -0.380 e. The Balaban J connectivity index is 1.46. The average molecular weight is 199 g/mol. The third-order valence-electron chi connectivity index (χ3n) is 3.09. The Labute approximate surface area is 86.2 Å². The Kier molecular flexibility index (Phi) is 4.22. The molecule has 82 valence electrons. The van der Waals surface area contributed by atoms with Gasteiger partial charge in [-0.15, -0.1) is 0 Å². The largest absolute Gasteiger partial charge is 0.380 e. The summed E-state index contributed by atoms with van der Waals surface area (Å²) in [5, 5.41) is 3.52. The van der Waals surface area contributed by atoms with Gasteiger partial charge in [-0.1, -0.05) is 0 Å². The molecule has 0 saturated carbocycles. The molecule has 0 spiro atoms. The third-order valence-corrected chi connectivity index (χ3v) is 3.09. The standard InChI is InChI=1S/C11H21NO2/c1(3-11-4-2-7-14-11)6-12-10-5-8-13-9-10/h10-12H,1-9H2. The van der Waals surface area contributed by atoms with E-state index in [-0.39, 0.29) is 0 Å². The lowest BCUT2D eigenvalue weighted by Crippen LogP contribution is -2.30. The van der Waals surface area contributed by atoms with Gasteiger partial charge in [0.15, 0.2) is 0 Å². The van der Waals surface area contributed by atoms with Crippen LogP contribution in [0.2, 0.25) is 0 Å². The van der Waals surface area contributed by atoms with E-state index in [2.05, 4.69) is 5.32 Å². The molecule has 0 aromatic rings. The number of ether oxygens (including phenoxy) is 2. The molecule has 1 N–H and O–H groups in total. The molecule has 2 unspecified atom stereocenters. The molecule has 0 amide bonds. The van der Waals surface area contributed by atoms with Crippen molar-refractivity contribution in [2.45, 2.75) is 44.2 Å². The van der Waals surface area contributed by atoms with Crippen molar-refractivity contribution in [3.05, 3.63) is 0 Å². The molecular weight excluding hydrogens is 178 g/mol. The van der Waals surface area contributed by atoms with Gasteiger partial charge in [0.1, 0.15) is 0 Å². The maximum absolute atomic E-state index is 5.57. The molecule has 2 atom stereocenters. The number of hydrogen-bond acceptors (Lipinski definition) is 3. The first-order valence-corrected chi connectivity index (χ1v) is 5.88. The Morgan fingerprint density at radius 1 is 1.21 bits per heavy atom. The van der Waals surface area contributed by atoms with Crippen molar-refractivity contribution in [1.82, 2.24) is 5.32 Å². The van der Waals surface area contributed by atoms with Crippen molar-refractivity contribution in [3.8, 4) is 0 Å². The summed E-state index contributed by atoms with van der Waals surface area (Å²) in [4.78, 5) is 0. The van der Waals surface area contributed by atoms with E-state index < -0.39 is 0 Å². The van der Waals surface area contributed by atoms with Crippen LogP contribution in [0.15, 0.2) is 0 Å². The first-order valence-electron chi connectivity index (χ1n) is 5.88. The zero-order valence-corrected chi connectivity index (χ0v) is 8.84. The molecule has 3 nitrogen and oxygen atoms in total. The molecule has 0 aromatic heterocycles. The van der Waals surface area contributed by atoms with Gasteiger partial charge in [0.25, 0.3) is 0 Å². The monoisotopic (exact) mass is 199 g/mol. The van der Waals surface area contributed by atoms with Gasteiger partial charge in [0.2, 0.25) is 0 Å². The lowest BCUT2D eigenvalue weighted by Gasteiger charge is -2.12. The highest BCUT2D eigenvalue weighted by Crippen LogP contribution is 2.16. The molecule has 3 heteroatoms. The summed E-state index contributed by atoms with van der Waals surface area (Å²) in [6.07, 6.45) is 6.72. The van der Waals surface area contributed by atoms with Gasteiger partial charge >= 0.3 is 0 Å². The second-order valence-corrected chi connectivity index (χ2v) is 4.29. The van der Waals surface area contributed by atoms with E-state index in [0.29, 0.717) is 12.1 Å². The van der Waals surface area contributed by atoms with Crippen LogP contribution in [0.4, 0.5) is 0 Å². The lowest BCUT2D eigenvalue weighted by molar-refractivity contribution is 0.102. The van der Waals surface area contributed by atoms with Gasteiger partial charge in [0.05, 0.1) is 12.7 Å². The Bertz CT molecular complexity index is 133. The van der Waals surface area contributed by atoms with E-state index in [0.717, 1.165) is 26.4 Å². The molecule has 2 saturated heterocycles. The zero-order valence-electron chi connectivity index (χ0n) is 8.84. The first kappa shape index (κ1) is 10.4. The average Bonchev–Trinajstić information content (AvgIpc) is 2.86. The second kappa shape index (κ2) is 5.69. The van der Waals surface area contributed by atoms with Gasteiger partial charge in [-0.25, -0.2) is 0 Å². The highest BCUT2D eigenvalue weighted by molar-refractivity contribution is 4.71. The number of nitrogens with one attached hydrogen (secondary N) is 1. The van der Waals surface area contributed by atoms with E-state index in [4.69, 9.17) is 9.47 Å². The predicted octanol–water partition coefficient (Wildman–Crippen LogP) is 1.32. The number of hydrogen-bond donors (Lipinski definition) is 1. The maximum Gasteiger partial charge on any atom is 0.0620 e. The van der Waals surface area contributed by atoms with Crippen LogP contribution in [0.25, 0.3) is 0 Å². The van der Waals surface area contributed by atoms with Crippen molar-refractivity contribution >= 4 is 0 Å². The van der Waals surface area contributed by atoms with Gasteiger partial charge in [-0.3, -0.25) is 0 Å². The molecule has 0 radical (unpaired) electrons. The van der Waals surface area contributed by atoms with Crippen molar-refractivity contribution < 1.29 is 9.47 Å². The Hall–Kier alpha value is -0.120. The van der Waals surface area contributed by atoms with Crippen LogP contribution >= 0.6 is 0 Å². The van der Waals surface area contributed by atoms with Crippen LogP contribution in [-0.2, 0) is 9.47 Å². The predicted molar refractivity (Wildman–Crippen MR) is 55.4 cm³/mol. The quantitative estimate of drug-likeness (QED) is 0.677. The molecule has 2 rings (SSSR count). The van der Waals surface area contributed by atoms with E-state index >= 15 is 0 Å². The summed E-state index contributed by atoms with van der Waals surface area (Å²) in [6, 6.07) is 0.611. The molecule has 0 aliphatic carbocycles. The van der Waals surface area contributed by atoms with Crippen LogP contribution in [0.3, 0.4) is 0 Å². The van der Waals surface area contributed by atoms with Gasteiger partial charge in [0, 0.05) is 19.3 Å². The van der Waals surface area contributed by atoms with Crippen LogP contribution in [0, 0.1) is 0 Å². The molecule has 2 aliphatic rings. The highest BCUT2D eigenvalue weighted by atomic mass is 16.5. The molecule has 2 fully saturated rings. The number of rotatable bonds is 5. The summed E-state index contributed by atoms with van der Waals surface area (Å²) in [5.74, 6) is 0. The normalized spacial score (nSPS) is 32.6. The Morgan fingerprint density at radius 2 is 2.21 bits per heavy atom. The van der Waals surface area contributed by atoms with Crippen molar-refractivity contribution in [1.29, 1.82) is 0 Å². The maximum atomic E-state index is 5.57. The molecule has 0 bridgehead atoms. The van der Waals surface area contributed by atoms with Crippen molar-refractivity contribution in [2.24, 2.45) is 0 Å². The summed E-state index contributed by atoms with van der Waals surface area (Å²) in [5.41, 5.74) is 0. The van der Waals surface area contributed by atoms with E-state index in [1.807, 2.05) is 0 Å². The fraction of sp³-hybridized carbons (Fsp3) is 1.00. The summed E-state index contributed by atoms with van der Waals surface area (Å²) in [7, 11) is 0. The van der Waals surface area contributed by atoms with Crippen LogP contribution in [0.5, 0.6) is 0 Å². The molecule has 2 aliphatic heterocycles. The fourth-order valence-electron chi connectivity index (χ4n) is 2.20. The highest BCUT2D eigenvalue weighted by Gasteiger charge is 2.16. The van der Waals surface area contributed by atoms with E-state index in [1.54, 1.807) is 0 Å². The molecular formula is C11H21NO2. The lowest BCUT2D eigenvalue weighted by atomic mass is 10.1. The van der Waals surface area contributed by atoms with Gasteiger partial charge in [-0.05, 0) is 38.6 Å². The Morgan fingerprint density at radius 3 is 2.93 bits per heavy atom. The third kappa shape index (κ3) is 3.23. The van der Waals surface area contributed by atoms with E-state index in [9.17, 15) is 0 Å². The topological polar surface area (TPSA) is 30.5 Å². The fourth-order valence-corrected chi connectivity index (χ4v) is 2.20. The van der Waals surface area contributed by atoms with Crippen LogP contribution in [0.1, 0.15) is 32.1 Å². The van der Waals surface area contributed by atoms with Crippen LogP contribution < -0.4 is 5.32 Å². The minimum absolute atomic E-state index is 0.552. The molecule has 2 heterocycles. The first-order chi connectivity index (χ1) is 6.95. The second-order valence-electron chi connectivity index (χ2n) is 4.29. The van der Waals surface area contributed by atoms with E-state index in [1.165, 1.54) is 32.1 Å². The zero-order chi connectivity index (χ0) is 9.64. The van der Waals surface area contributed by atoms with Gasteiger partial charge < -0.3 is 14.8 Å². The minimum atomic E-state index is 0.552.